The maximum atomic E-state index is 12.4. The van der Waals surface area contributed by atoms with E-state index < -0.39 is 12.7 Å². The number of benzene rings is 1. The van der Waals surface area contributed by atoms with Crippen LogP contribution < -0.4 is 15.4 Å². The molecule has 1 saturated heterocycles. The number of nitrogens with one attached hydrogen (secondary N) is 2. The lowest BCUT2D eigenvalue weighted by Gasteiger charge is -2.19. The van der Waals surface area contributed by atoms with Gasteiger partial charge in [0.1, 0.15) is 12.4 Å². The van der Waals surface area contributed by atoms with Gasteiger partial charge in [-0.1, -0.05) is 15.9 Å². The number of nitrogens with zero attached hydrogens (tertiary/aromatic N) is 2. The lowest BCUT2D eigenvalue weighted by Crippen LogP contribution is -2.46. The molecule has 1 aromatic rings. The first-order valence-electron chi connectivity index (χ1n) is 8.00. The number of guanidine groups is 1. The Hall–Kier alpha value is -1.48. The molecule has 140 valence electrons. The molecule has 1 heterocycles. The molecule has 1 atom stereocenters. The average Bonchev–Trinajstić information content (AvgIpc) is 2.97. The van der Waals surface area contributed by atoms with Gasteiger partial charge in [0.2, 0.25) is 0 Å². The van der Waals surface area contributed by atoms with Crippen LogP contribution in [0.5, 0.6) is 5.75 Å². The predicted octanol–water partition coefficient (Wildman–Crippen LogP) is 2.63. The summed E-state index contributed by atoms with van der Waals surface area (Å²) in [6.45, 7) is 0.913. The topological polar surface area (TPSA) is 48.9 Å². The molecule has 2 N–H and O–H groups in total. The number of hydrogen-bond acceptors (Lipinski definition) is 3. The first-order chi connectivity index (χ1) is 11.9. The summed E-state index contributed by atoms with van der Waals surface area (Å²) in [7, 11) is 1.63. The number of hydrogen-bond donors (Lipinski definition) is 2. The Morgan fingerprint density at radius 3 is 2.72 bits per heavy atom. The van der Waals surface area contributed by atoms with Crippen LogP contribution in [-0.2, 0) is 0 Å². The van der Waals surface area contributed by atoms with Crippen molar-refractivity contribution in [3.05, 3.63) is 28.7 Å². The fraction of sp³-hybridized carbons (Fsp3) is 0.562. The van der Waals surface area contributed by atoms with Gasteiger partial charge in [0.15, 0.2) is 5.96 Å². The summed E-state index contributed by atoms with van der Waals surface area (Å²) in [5, 5.41) is 6.26. The molecule has 1 aliphatic rings. The van der Waals surface area contributed by atoms with Gasteiger partial charge in [0.25, 0.3) is 0 Å². The molecule has 0 spiro atoms. The van der Waals surface area contributed by atoms with Gasteiger partial charge >= 0.3 is 6.18 Å². The third-order valence-electron chi connectivity index (χ3n) is 3.72. The highest BCUT2D eigenvalue weighted by atomic mass is 79.9. The van der Waals surface area contributed by atoms with Crippen molar-refractivity contribution >= 4 is 21.9 Å². The molecule has 0 aliphatic carbocycles. The van der Waals surface area contributed by atoms with Crippen LogP contribution in [0.2, 0.25) is 0 Å². The van der Waals surface area contributed by atoms with Crippen LogP contribution in [0.25, 0.3) is 0 Å². The molecule has 0 amide bonds. The van der Waals surface area contributed by atoms with Crippen molar-refractivity contribution in [1.29, 1.82) is 0 Å². The number of rotatable bonds is 6. The quantitative estimate of drug-likeness (QED) is 0.420. The first kappa shape index (κ1) is 19.8. The van der Waals surface area contributed by atoms with E-state index in [1.807, 2.05) is 24.3 Å². The molecule has 0 aromatic heterocycles. The van der Waals surface area contributed by atoms with Crippen molar-refractivity contribution in [1.82, 2.24) is 15.5 Å². The molecule has 1 aromatic carbocycles. The number of alkyl halides is 3. The highest BCUT2D eigenvalue weighted by Crippen LogP contribution is 2.20. The molecular formula is C16H22BrF3N4O. The molecule has 0 bridgehead atoms. The van der Waals surface area contributed by atoms with Crippen LogP contribution >= 0.6 is 15.9 Å². The largest absolute Gasteiger partial charge is 0.492 e. The summed E-state index contributed by atoms with van der Waals surface area (Å²) in [5.74, 6) is 1.34. The van der Waals surface area contributed by atoms with Gasteiger partial charge in [-0.15, -0.1) is 0 Å². The van der Waals surface area contributed by atoms with Gasteiger partial charge in [-0.05, 0) is 30.7 Å². The van der Waals surface area contributed by atoms with Gasteiger partial charge in [0.05, 0.1) is 13.1 Å². The van der Waals surface area contributed by atoms with E-state index in [0.717, 1.165) is 10.2 Å². The lowest BCUT2D eigenvalue weighted by molar-refractivity contribution is -0.143. The van der Waals surface area contributed by atoms with Gasteiger partial charge in [0, 0.05) is 30.7 Å². The fourth-order valence-electron chi connectivity index (χ4n) is 2.60. The second kappa shape index (κ2) is 9.28. The Morgan fingerprint density at radius 1 is 1.36 bits per heavy atom. The molecule has 1 fully saturated rings. The van der Waals surface area contributed by atoms with Crippen molar-refractivity contribution in [2.75, 3.05) is 39.8 Å². The van der Waals surface area contributed by atoms with Gasteiger partial charge in [-0.3, -0.25) is 9.89 Å². The van der Waals surface area contributed by atoms with Crippen LogP contribution in [0.4, 0.5) is 13.2 Å². The summed E-state index contributed by atoms with van der Waals surface area (Å²) in [4.78, 5) is 5.50. The zero-order valence-electron chi connectivity index (χ0n) is 13.9. The molecule has 0 radical (unpaired) electrons. The molecule has 1 unspecified atom stereocenters. The number of likely N-dealkylation sites (tertiary alicyclic amines) is 1. The maximum absolute atomic E-state index is 12.4. The highest BCUT2D eigenvalue weighted by Gasteiger charge is 2.34. The van der Waals surface area contributed by atoms with E-state index in [-0.39, 0.29) is 6.04 Å². The van der Waals surface area contributed by atoms with E-state index in [0.29, 0.717) is 38.6 Å². The summed E-state index contributed by atoms with van der Waals surface area (Å²) in [6, 6.07) is 7.49. The number of ether oxygens (including phenoxy) is 1. The third kappa shape index (κ3) is 7.52. The molecular weight excluding hydrogens is 401 g/mol. The van der Waals surface area contributed by atoms with E-state index in [4.69, 9.17) is 4.74 Å². The SMILES string of the molecule is CN=C(NCCOc1ccc(Br)cc1)NC1CCN(CC(F)(F)F)C1. The van der Waals surface area contributed by atoms with E-state index in [1.54, 1.807) is 7.05 Å². The summed E-state index contributed by atoms with van der Waals surface area (Å²) < 4.78 is 43.8. The highest BCUT2D eigenvalue weighted by molar-refractivity contribution is 9.10. The fourth-order valence-corrected chi connectivity index (χ4v) is 2.87. The van der Waals surface area contributed by atoms with E-state index >= 15 is 0 Å². The van der Waals surface area contributed by atoms with E-state index in [9.17, 15) is 13.2 Å². The zero-order valence-corrected chi connectivity index (χ0v) is 15.5. The van der Waals surface area contributed by atoms with E-state index in [2.05, 4.69) is 31.6 Å². The Labute approximate surface area is 153 Å². The molecule has 1 aliphatic heterocycles. The van der Waals surface area contributed by atoms with Gasteiger partial charge in [-0.2, -0.15) is 13.2 Å². The van der Waals surface area contributed by atoms with Gasteiger partial charge < -0.3 is 15.4 Å². The Balaban J connectivity index is 1.66. The predicted molar refractivity (Wildman–Crippen MR) is 95.0 cm³/mol. The summed E-state index contributed by atoms with van der Waals surface area (Å²) in [6.07, 6.45) is -3.49. The van der Waals surface area contributed by atoms with Crippen molar-refractivity contribution in [2.45, 2.75) is 18.6 Å². The van der Waals surface area contributed by atoms with Crippen LogP contribution in [0.3, 0.4) is 0 Å². The first-order valence-corrected chi connectivity index (χ1v) is 8.79. The second-order valence-corrected chi connectivity index (χ2v) is 6.70. The minimum Gasteiger partial charge on any atom is -0.492 e. The van der Waals surface area contributed by atoms with Crippen LogP contribution in [0.15, 0.2) is 33.7 Å². The average molecular weight is 423 g/mol. The minimum absolute atomic E-state index is 0.0408. The summed E-state index contributed by atoms with van der Waals surface area (Å²) in [5.41, 5.74) is 0. The van der Waals surface area contributed by atoms with Crippen molar-refractivity contribution < 1.29 is 17.9 Å². The molecule has 25 heavy (non-hydrogen) atoms. The Kier molecular flexibility index (Phi) is 7.37. The van der Waals surface area contributed by atoms with E-state index in [1.165, 1.54) is 4.90 Å². The van der Waals surface area contributed by atoms with Crippen LogP contribution in [0.1, 0.15) is 6.42 Å². The number of halogens is 4. The standard InChI is InChI=1S/C16H22BrF3N4O/c1-21-15(22-7-9-25-14-4-2-12(17)3-5-14)23-13-6-8-24(10-13)11-16(18,19)20/h2-5,13H,6-11H2,1H3,(H2,21,22,23). The zero-order chi connectivity index (χ0) is 18.3. The number of aliphatic imine (C=N–C) groups is 1. The normalized spacial score (nSPS) is 19.1. The Morgan fingerprint density at radius 2 is 2.08 bits per heavy atom. The Bertz CT molecular complexity index is 565. The van der Waals surface area contributed by atoms with Crippen molar-refractivity contribution in [3.63, 3.8) is 0 Å². The van der Waals surface area contributed by atoms with Crippen molar-refractivity contribution in [2.24, 2.45) is 4.99 Å². The van der Waals surface area contributed by atoms with Crippen molar-refractivity contribution in [3.8, 4) is 5.75 Å². The molecule has 9 heteroatoms. The summed E-state index contributed by atoms with van der Waals surface area (Å²) >= 11 is 3.36. The smallest absolute Gasteiger partial charge is 0.401 e. The molecule has 5 nitrogen and oxygen atoms in total. The second-order valence-electron chi connectivity index (χ2n) is 5.78. The van der Waals surface area contributed by atoms with Crippen LogP contribution in [-0.4, -0.2) is 62.9 Å². The minimum atomic E-state index is -4.15. The molecule has 2 rings (SSSR count). The molecule has 0 saturated carbocycles. The monoisotopic (exact) mass is 422 g/mol. The third-order valence-corrected chi connectivity index (χ3v) is 4.25. The van der Waals surface area contributed by atoms with Crippen LogP contribution in [0, 0.1) is 0 Å². The maximum Gasteiger partial charge on any atom is 0.401 e. The van der Waals surface area contributed by atoms with Gasteiger partial charge in [-0.25, -0.2) is 0 Å². The lowest BCUT2D eigenvalue weighted by atomic mass is 10.3.